The van der Waals surface area contributed by atoms with Crippen LogP contribution in [-0.4, -0.2) is 11.0 Å². The van der Waals surface area contributed by atoms with Gasteiger partial charge in [-0.1, -0.05) is 0 Å². The molecule has 1 rings (SSSR count). The van der Waals surface area contributed by atoms with Crippen LogP contribution < -0.4 is 11.1 Å². The lowest BCUT2D eigenvalue weighted by Gasteiger charge is -2.08. The fourth-order valence-electron chi connectivity index (χ4n) is 1.02. The predicted octanol–water partition coefficient (Wildman–Crippen LogP) is 1.24. The molecule has 4 N–H and O–H groups in total. The first-order chi connectivity index (χ1) is 6.00. The van der Waals surface area contributed by atoms with Gasteiger partial charge in [0.25, 0.3) is 0 Å². The van der Waals surface area contributed by atoms with Crippen molar-refractivity contribution in [1.82, 2.24) is 0 Å². The highest BCUT2D eigenvalue weighted by atomic mass is 16.3. The highest BCUT2D eigenvalue weighted by molar-refractivity contribution is 5.92. The summed E-state index contributed by atoms with van der Waals surface area (Å²) in [5.74, 6) is -0.0899. The molecule has 1 aromatic rings. The number of benzene rings is 1. The third-order valence-electron chi connectivity index (χ3n) is 1.68. The topological polar surface area (TPSA) is 75.3 Å². The molecule has 0 atom stereocenters. The van der Waals surface area contributed by atoms with Gasteiger partial charge in [0.1, 0.15) is 5.75 Å². The number of carbonyl (C=O) groups is 1. The summed E-state index contributed by atoms with van der Waals surface area (Å²) in [5.41, 5.74) is 7.19. The Bertz CT molecular complexity index is 348. The van der Waals surface area contributed by atoms with Crippen molar-refractivity contribution in [2.45, 2.75) is 13.8 Å². The minimum atomic E-state index is -0.213. The summed E-state index contributed by atoms with van der Waals surface area (Å²) in [4.78, 5) is 10.7. The molecule has 1 aromatic carbocycles. The minimum absolute atomic E-state index is 0.123. The van der Waals surface area contributed by atoms with E-state index < -0.39 is 0 Å². The molecular formula is C9H12N2O2. The third-order valence-corrected chi connectivity index (χ3v) is 1.68. The van der Waals surface area contributed by atoms with E-state index in [-0.39, 0.29) is 11.7 Å². The van der Waals surface area contributed by atoms with Crippen molar-refractivity contribution < 1.29 is 9.90 Å². The second kappa shape index (κ2) is 3.35. The molecule has 0 saturated heterocycles. The summed E-state index contributed by atoms with van der Waals surface area (Å²) in [6.07, 6.45) is 0. The number of carbonyl (C=O) groups excluding carboxylic acids is 1. The van der Waals surface area contributed by atoms with Crippen molar-refractivity contribution in [3.8, 4) is 5.75 Å². The Morgan fingerprint density at radius 3 is 2.69 bits per heavy atom. The van der Waals surface area contributed by atoms with Gasteiger partial charge in [0, 0.05) is 13.0 Å². The van der Waals surface area contributed by atoms with Crippen LogP contribution >= 0.6 is 0 Å². The molecule has 4 nitrogen and oxygen atoms in total. The molecule has 0 bridgehead atoms. The van der Waals surface area contributed by atoms with E-state index in [9.17, 15) is 9.90 Å². The number of phenolic OH excluding ortho intramolecular Hbond substituents is 1. The van der Waals surface area contributed by atoms with Crippen molar-refractivity contribution in [1.29, 1.82) is 0 Å². The van der Waals surface area contributed by atoms with Crippen molar-refractivity contribution in [2.75, 3.05) is 11.1 Å². The van der Waals surface area contributed by atoms with Crippen molar-refractivity contribution in [3.05, 3.63) is 17.7 Å². The lowest BCUT2D eigenvalue weighted by Crippen LogP contribution is -2.08. The van der Waals surface area contributed by atoms with Crippen molar-refractivity contribution in [2.24, 2.45) is 0 Å². The number of amides is 1. The van der Waals surface area contributed by atoms with Crippen LogP contribution in [0.3, 0.4) is 0 Å². The molecule has 0 heterocycles. The van der Waals surface area contributed by atoms with Gasteiger partial charge in [0.15, 0.2) is 0 Å². The highest BCUT2D eigenvalue weighted by Crippen LogP contribution is 2.27. The van der Waals surface area contributed by atoms with Gasteiger partial charge >= 0.3 is 0 Å². The normalized spacial score (nSPS) is 9.69. The molecule has 4 heteroatoms. The summed E-state index contributed by atoms with van der Waals surface area (Å²) in [7, 11) is 0. The molecule has 70 valence electrons. The van der Waals surface area contributed by atoms with Crippen LogP contribution in [0.2, 0.25) is 0 Å². The van der Waals surface area contributed by atoms with Gasteiger partial charge in [0.2, 0.25) is 5.91 Å². The summed E-state index contributed by atoms with van der Waals surface area (Å²) in [6.45, 7) is 3.12. The zero-order valence-corrected chi connectivity index (χ0v) is 7.59. The van der Waals surface area contributed by atoms with Crippen LogP contribution in [0.5, 0.6) is 5.75 Å². The lowest BCUT2D eigenvalue weighted by atomic mass is 10.1. The van der Waals surface area contributed by atoms with Crippen LogP contribution in [0.4, 0.5) is 11.4 Å². The maximum Gasteiger partial charge on any atom is 0.221 e. The Labute approximate surface area is 76.4 Å². The number of hydrogen-bond acceptors (Lipinski definition) is 3. The second-order valence-electron chi connectivity index (χ2n) is 2.91. The monoisotopic (exact) mass is 180 g/mol. The largest absolute Gasteiger partial charge is 0.508 e. The summed E-state index contributed by atoms with van der Waals surface area (Å²) in [6, 6.07) is 3.05. The van der Waals surface area contributed by atoms with Gasteiger partial charge in [0.05, 0.1) is 11.4 Å². The van der Waals surface area contributed by atoms with E-state index in [1.807, 2.05) is 0 Å². The lowest BCUT2D eigenvalue weighted by molar-refractivity contribution is -0.114. The number of aromatic hydroxyl groups is 1. The number of nitrogens with one attached hydrogen (secondary N) is 1. The Kier molecular flexibility index (Phi) is 2.41. The number of phenols is 1. The molecule has 0 saturated carbocycles. The Hall–Kier alpha value is -1.71. The summed E-state index contributed by atoms with van der Waals surface area (Å²) >= 11 is 0. The van der Waals surface area contributed by atoms with E-state index >= 15 is 0 Å². The minimum Gasteiger partial charge on any atom is -0.508 e. The smallest absolute Gasteiger partial charge is 0.221 e. The van der Waals surface area contributed by atoms with Crippen LogP contribution in [0.25, 0.3) is 0 Å². The standard InChI is InChI=1S/C9H12N2O2/c1-5-3-7(10)8(4-9(5)13)11-6(2)12/h3-4,13H,10H2,1-2H3,(H,11,12). The first-order valence-electron chi connectivity index (χ1n) is 3.87. The molecule has 13 heavy (non-hydrogen) atoms. The van der Waals surface area contributed by atoms with Crippen LogP contribution in [0, 0.1) is 6.92 Å². The van der Waals surface area contributed by atoms with Gasteiger partial charge in [-0.25, -0.2) is 0 Å². The molecule has 0 aliphatic heterocycles. The first kappa shape index (κ1) is 9.38. The van der Waals surface area contributed by atoms with Crippen LogP contribution in [0.15, 0.2) is 12.1 Å². The van der Waals surface area contributed by atoms with Gasteiger partial charge in [-0.05, 0) is 18.6 Å². The Morgan fingerprint density at radius 2 is 2.15 bits per heavy atom. The van der Waals surface area contributed by atoms with Gasteiger partial charge < -0.3 is 16.2 Å². The van der Waals surface area contributed by atoms with E-state index in [2.05, 4.69) is 5.32 Å². The fraction of sp³-hybridized carbons (Fsp3) is 0.222. The molecule has 0 unspecified atom stereocenters. The predicted molar refractivity (Wildman–Crippen MR) is 51.6 cm³/mol. The number of nitrogens with two attached hydrogens (primary N) is 1. The summed E-state index contributed by atoms with van der Waals surface area (Å²) in [5, 5.41) is 11.8. The number of aryl methyl sites for hydroxylation is 1. The number of hydrogen-bond donors (Lipinski definition) is 3. The number of nitrogen functional groups attached to an aromatic ring is 1. The quantitative estimate of drug-likeness (QED) is 0.449. The zero-order valence-electron chi connectivity index (χ0n) is 7.59. The molecule has 0 radical (unpaired) electrons. The maximum atomic E-state index is 10.7. The third kappa shape index (κ3) is 2.11. The Morgan fingerprint density at radius 1 is 1.54 bits per heavy atom. The number of anilines is 2. The van der Waals surface area contributed by atoms with E-state index in [0.717, 1.165) is 0 Å². The summed E-state index contributed by atoms with van der Waals surface area (Å²) < 4.78 is 0. The molecule has 0 fully saturated rings. The number of rotatable bonds is 1. The fourth-order valence-corrected chi connectivity index (χ4v) is 1.02. The Balaban J connectivity index is 3.08. The van der Waals surface area contributed by atoms with Crippen molar-refractivity contribution in [3.63, 3.8) is 0 Å². The molecule has 0 aliphatic carbocycles. The first-order valence-corrected chi connectivity index (χ1v) is 3.87. The van der Waals surface area contributed by atoms with Gasteiger partial charge in [-0.15, -0.1) is 0 Å². The second-order valence-corrected chi connectivity index (χ2v) is 2.91. The molecule has 1 amide bonds. The van der Waals surface area contributed by atoms with Crippen molar-refractivity contribution >= 4 is 17.3 Å². The molecular weight excluding hydrogens is 168 g/mol. The average Bonchev–Trinajstić information content (AvgIpc) is 1.99. The average molecular weight is 180 g/mol. The molecule has 0 aliphatic rings. The maximum absolute atomic E-state index is 10.7. The SMILES string of the molecule is CC(=O)Nc1cc(O)c(C)cc1N. The van der Waals surface area contributed by atoms with Gasteiger partial charge in [-0.3, -0.25) is 4.79 Å². The van der Waals surface area contributed by atoms with E-state index in [0.29, 0.717) is 16.9 Å². The van der Waals surface area contributed by atoms with Crippen LogP contribution in [-0.2, 0) is 4.79 Å². The van der Waals surface area contributed by atoms with Gasteiger partial charge in [-0.2, -0.15) is 0 Å². The molecule has 0 spiro atoms. The van der Waals surface area contributed by atoms with E-state index in [1.165, 1.54) is 13.0 Å². The molecule has 0 aromatic heterocycles. The highest BCUT2D eigenvalue weighted by Gasteiger charge is 2.04. The van der Waals surface area contributed by atoms with E-state index in [1.54, 1.807) is 13.0 Å². The zero-order chi connectivity index (χ0) is 10.0. The van der Waals surface area contributed by atoms with Crippen LogP contribution in [0.1, 0.15) is 12.5 Å². The van der Waals surface area contributed by atoms with E-state index in [4.69, 9.17) is 5.73 Å².